The summed E-state index contributed by atoms with van der Waals surface area (Å²) in [7, 11) is 0. The van der Waals surface area contributed by atoms with Gasteiger partial charge < -0.3 is 5.32 Å². The molecule has 0 saturated carbocycles. The van der Waals surface area contributed by atoms with E-state index in [0.717, 1.165) is 0 Å². The van der Waals surface area contributed by atoms with Crippen molar-refractivity contribution in [3.8, 4) is 0 Å². The number of carbonyl (C=O) groups excluding carboxylic acids is 2. The van der Waals surface area contributed by atoms with Gasteiger partial charge in [-0.05, 0) is 30.2 Å². The van der Waals surface area contributed by atoms with Gasteiger partial charge in [0.1, 0.15) is 12.7 Å². The van der Waals surface area contributed by atoms with Crippen molar-refractivity contribution in [1.29, 1.82) is 0 Å². The van der Waals surface area contributed by atoms with Gasteiger partial charge >= 0.3 is 0 Å². The van der Waals surface area contributed by atoms with Gasteiger partial charge in [0.2, 0.25) is 5.91 Å². The maximum atomic E-state index is 11.9. The van der Waals surface area contributed by atoms with Crippen LogP contribution in [0.2, 0.25) is 0 Å². The van der Waals surface area contributed by atoms with E-state index in [-0.39, 0.29) is 11.8 Å². The Labute approximate surface area is 122 Å². The van der Waals surface area contributed by atoms with Crippen molar-refractivity contribution in [3.05, 3.63) is 42.5 Å². The van der Waals surface area contributed by atoms with Crippen LogP contribution in [0.25, 0.3) is 0 Å². The van der Waals surface area contributed by atoms with E-state index in [1.165, 1.54) is 17.3 Å². The predicted octanol–water partition coefficient (Wildman–Crippen LogP) is 1.65. The van der Waals surface area contributed by atoms with Crippen LogP contribution in [-0.4, -0.2) is 26.7 Å². The molecule has 110 valence electrons. The standard InChI is InChI=1S/C14H17N5O2/c1-10(2)7-13(20)17-12-5-3-11(4-6-12)14(21)18-19-8-15-16-9-19/h3-6,8-10H,7H2,1-2H3,(H,17,20)(H,18,21). The molecular formula is C14H17N5O2. The molecule has 1 aromatic heterocycles. The smallest absolute Gasteiger partial charge is 0.270 e. The number of carbonyl (C=O) groups is 2. The van der Waals surface area contributed by atoms with Gasteiger partial charge in [0.05, 0.1) is 0 Å². The van der Waals surface area contributed by atoms with Crippen LogP contribution in [0.1, 0.15) is 30.6 Å². The zero-order chi connectivity index (χ0) is 15.2. The lowest BCUT2D eigenvalue weighted by atomic mass is 10.1. The number of aromatic nitrogens is 3. The van der Waals surface area contributed by atoms with E-state index in [9.17, 15) is 9.59 Å². The van der Waals surface area contributed by atoms with Crippen molar-refractivity contribution in [2.45, 2.75) is 20.3 Å². The minimum absolute atomic E-state index is 0.0355. The zero-order valence-corrected chi connectivity index (χ0v) is 11.9. The number of nitrogens with zero attached hydrogens (tertiary/aromatic N) is 3. The summed E-state index contributed by atoms with van der Waals surface area (Å²) in [4.78, 5) is 23.6. The lowest BCUT2D eigenvalue weighted by Crippen LogP contribution is -2.21. The summed E-state index contributed by atoms with van der Waals surface area (Å²) in [5, 5.41) is 9.97. The number of benzene rings is 1. The molecule has 1 heterocycles. The highest BCUT2D eigenvalue weighted by molar-refractivity contribution is 6.00. The number of anilines is 1. The third-order valence-electron chi connectivity index (χ3n) is 2.67. The molecule has 2 amide bonds. The van der Waals surface area contributed by atoms with Gasteiger partial charge in [-0.15, -0.1) is 10.2 Å². The van der Waals surface area contributed by atoms with Crippen LogP contribution in [0.3, 0.4) is 0 Å². The topological polar surface area (TPSA) is 88.9 Å². The molecule has 2 aromatic rings. The van der Waals surface area contributed by atoms with Gasteiger partial charge in [0.15, 0.2) is 0 Å². The number of nitrogens with one attached hydrogen (secondary N) is 2. The zero-order valence-electron chi connectivity index (χ0n) is 11.9. The van der Waals surface area contributed by atoms with E-state index in [0.29, 0.717) is 23.6 Å². The van der Waals surface area contributed by atoms with E-state index >= 15 is 0 Å². The fourth-order valence-corrected chi connectivity index (χ4v) is 1.73. The molecule has 0 atom stereocenters. The van der Waals surface area contributed by atoms with E-state index < -0.39 is 0 Å². The van der Waals surface area contributed by atoms with Crippen LogP contribution >= 0.6 is 0 Å². The number of amides is 2. The van der Waals surface area contributed by atoms with Crippen LogP contribution in [0.15, 0.2) is 36.9 Å². The van der Waals surface area contributed by atoms with E-state index in [1.54, 1.807) is 24.3 Å². The van der Waals surface area contributed by atoms with E-state index in [2.05, 4.69) is 20.9 Å². The number of rotatable bonds is 5. The highest BCUT2D eigenvalue weighted by Gasteiger charge is 2.08. The molecule has 2 N–H and O–H groups in total. The van der Waals surface area contributed by atoms with Crippen molar-refractivity contribution < 1.29 is 9.59 Å². The quantitative estimate of drug-likeness (QED) is 0.875. The second-order valence-electron chi connectivity index (χ2n) is 5.03. The second-order valence-corrected chi connectivity index (χ2v) is 5.03. The largest absolute Gasteiger partial charge is 0.326 e. The lowest BCUT2D eigenvalue weighted by Gasteiger charge is -2.08. The molecule has 0 radical (unpaired) electrons. The molecule has 0 aliphatic rings. The second kappa shape index (κ2) is 6.65. The average Bonchev–Trinajstić information content (AvgIpc) is 2.91. The van der Waals surface area contributed by atoms with Gasteiger partial charge in [0.25, 0.3) is 5.91 Å². The molecule has 0 unspecified atom stereocenters. The molecule has 2 rings (SSSR count). The van der Waals surface area contributed by atoms with Gasteiger partial charge in [-0.3, -0.25) is 15.0 Å². The Bertz CT molecular complexity index is 605. The molecule has 21 heavy (non-hydrogen) atoms. The summed E-state index contributed by atoms with van der Waals surface area (Å²) in [6.07, 6.45) is 3.24. The first-order valence-electron chi connectivity index (χ1n) is 6.60. The summed E-state index contributed by atoms with van der Waals surface area (Å²) in [5.74, 6) is -0.0135. The van der Waals surface area contributed by atoms with Crippen molar-refractivity contribution >= 4 is 17.5 Å². The van der Waals surface area contributed by atoms with Crippen LogP contribution in [0.4, 0.5) is 5.69 Å². The number of hydrogen-bond donors (Lipinski definition) is 2. The summed E-state index contributed by atoms with van der Waals surface area (Å²) in [6, 6.07) is 6.67. The first-order valence-corrected chi connectivity index (χ1v) is 6.60. The molecule has 1 aromatic carbocycles. The van der Waals surface area contributed by atoms with Crippen molar-refractivity contribution in [1.82, 2.24) is 14.9 Å². The van der Waals surface area contributed by atoms with E-state index in [4.69, 9.17) is 0 Å². The Morgan fingerprint density at radius 2 is 1.76 bits per heavy atom. The SMILES string of the molecule is CC(C)CC(=O)Nc1ccc(C(=O)Nn2cnnc2)cc1. The summed E-state index contributed by atoms with van der Waals surface area (Å²) in [5.41, 5.74) is 3.74. The molecule has 0 saturated heterocycles. The Morgan fingerprint density at radius 3 is 2.33 bits per heavy atom. The van der Waals surface area contributed by atoms with Crippen molar-refractivity contribution in [2.75, 3.05) is 10.7 Å². The highest BCUT2D eigenvalue weighted by atomic mass is 16.2. The normalized spacial score (nSPS) is 10.4. The molecule has 0 spiro atoms. The maximum Gasteiger partial charge on any atom is 0.270 e. The Hall–Kier alpha value is -2.70. The molecule has 7 nitrogen and oxygen atoms in total. The minimum atomic E-state index is -0.283. The fraction of sp³-hybridized carbons (Fsp3) is 0.286. The molecular weight excluding hydrogens is 270 g/mol. The number of hydrogen-bond acceptors (Lipinski definition) is 4. The predicted molar refractivity (Wildman–Crippen MR) is 78.2 cm³/mol. The Kier molecular flexibility index (Phi) is 4.65. The van der Waals surface area contributed by atoms with Crippen LogP contribution < -0.4 is 10.7 Å². The van der Waals surface area contributed by atoms with Gasteiger partial charge in [-0.2, -0.15) is 0 Å². The summed E-state index contributed by atoms with van der Waals surface area (Å²) >= 11 is 0. The van der Waals surface area contributed by atoms with Crippen LogP contribution in [0, 0.1) is 5.92 Å². The highest BCUT2D eigenvalue weighted by Crippen LogP contribution is 2.11. The molecule has 0 aliphatic heterocycles. The molecule has 0 aliphatic carbocycles. The van der Waals surface area contributed by atoms with Gasteiger partial charge in [-0.1, -0.05) is 13.8 Å². The van der Waals surface area contributed by atoms with E-state index in [1.807, 2.05) is 13.8 Å². The third-order valence-corrected chi connectivity index (χ3v) is 2.67. The first kappa shape index (κ1) is 14.7. The van der Waals surface area contributed by atoms with Crippen LogP contribution in [-0.2, 0) is 4.79 Å². The van der Waals surface area contributed by atoms with Gasteiger partial charge in [0, 0.05) is 17.7 Å². The first-order chi connectivity index (χ1) is 10.0. The third kappa shape index (κ3) is 4.41. The van der Waals surface area contributed by atoms with Crippen LogP contribution in [0.5, 0.6) is 0 Å². The van der Waals surface area contributed by atoms with Crippen molar-refractivity contribution in [3.63, 3.8) is 0 Å². The Balaban J connectivity index is 1.95. The fourth-order valence-electron chi connectivity index (χ4n) is 1.73. The average molecular weight is 287 g/mol. The Morgan fingerprint density at radius 1 is 1.14 bits per heavy atom. The summed E-state index contributed by atoms with van der Waals surface area (Å²) in [6.45, 7) is 3.97. The monoisotopic (exact) mass is 287 g/mol. The molecule has 0 bridgehead atoms. The maximum absolute atomic E-state index is 11.9. The van der Waals surface area contributed by atoms with Gasteiger partial charge in [-0.25, -0.2) is 4.68 Å². The lowest BCUT2D eigenvalue weighted by molar-refractivity contribution is -0.116. The summed E-state index contributed by atoms with van der Waals surface area (Å²) < 4.78 is 1.36. The van der Waals surface area contributed by atoms with Crippen molar-refractivity contribution in [2.24, 2.45) is 5.92 Å². The minimum Gasteiger partial charge on any atom is -0.326 e. The molecule has 7 heteroatoms. The molecule has 0 fully saturated rings.